The average molecular weight is 369 g/mol. The van der Waals surface area contributed by atoms with Crippen LogP contribution in [0.3, 0.4) is 0 Å². The number of phenolic OH excluding ortho intramolecular Hbond substituents is 1. The molecule has 0 spiro atoms. The number of aromatic hydroxyl groups is 1. The average Bonchev–Trinajstić information content (AvgIpc) is 3.10. The minimum absolute atomic E-state index is 0.107. The molecule has 4 atom stereocenters. The molecule has 2 aromatic rings. The molecule has 3 fully saturated rings. The van der Waals surface area contributed by atoms with Crippen molar-refractivity contribution in [2.24, 2.45) is 11.8 Å². The van der Waals surface area contributed by atoms with Crippen molar-refractivity contribution in [3.05, 3.63) is 30.5 Å². The van der Waals surface area contributed by atoms with Crippen molar-refractivity contribution >= 4 is 5.91 Å². The van der Waals surface area contributed by atoms with Crippen LogP contribution in [-0.2, 0) is 11.3 Å². The van der Waals surface area contributed by atoms with E-state index in [0.29, 0.717) is 12.0 Å². The van der Waals surface area contributed by atoms with Crippen molar-refractivity contribution in [3.8, 4) is 17.0 Å². The van der Waals surface area contributed by atoms with Crippen LogP contribution < -0.4 is 5.32 Å². The first-order valence-electron chi connectivity index (χ1n) is 9.73. The molecule has 0 aliphatic carbocycles. The molecule has 2 unspecified atom stereocenters. The molecular formula is C20H27N5O2. The van der Waals surface area contributed by atoms with Gasteiger partial charge < -0.3 is 10.4 Å². The van der Waals surface area contributed by atoms with Crippen LogP contribution in [0.5, 0.6) is 5.75 Å². The SMILES string of the molecule is CC(C)NC(=O)[C@H]1CN2CCC1C[C@@H]2Cn1cc(-c2cccc(O)c2)nn1. The Balaban J connectivity index is 1.41. The highest BCUT2D eigenvalue weighted by atomic mass is 16.3. The van der Waals surface area contributed by atoms with Crippen molar-refractivity contribution in [1.82, 2.24) is 25.2 Å². The second kappa shape index (κ2) is 7.31. The lowest BCUT2D eigenvalue weighted by Crippen LogP contribution is -2.58. The van der Waals surface area contributed by atoms with Crippen LogP contribution in [0.4, 0.5) is 0 Å². The van der Waals surface area contributed by atoms with Gasteiger partial charge >= 0.3 is 0 Å². The number of rotatable bonds is 5. The van der Waals surface area contributed by atoms with E-state index in [9.17, 15) is 9.90 Å². The van der Waals surface area contributed by atoms with Crippen molar-refractivity contribution in [2.45, 2.75) is 45.3 Å². The van der Waals surface area contributed by atoms with Gasteiger partial charge in [0.05, 0.1) is 18.7 Å². The maximum Gasteiger partial charge on any atom is 0.224 e. The standard InChI is InChI=1S/C20H27N5O2/c1-13(2)21-20(27)18-11-24-7-6-14(18)8-16(24)10-25-12-19(22-23-25)15-4-3-5-17(26)9-15/h3-5,9,12-14,16,18,26H,6-8,10-11H2,1-2H3,(H,21,27)/t14?,16-,18+/m1/s1. The summed E-state index contributed by atoms with van der Waals surface area (Å²) in [4.78, 5) is 14.9. The lowest BCUT2D eigenvalue weighted by molar-refractivity contribution is -0.133. The molecule has 3 aliphatic rings. The number of nitrogens with one attached hydrogen (secondary N) is 1. The summed E-state index contributed by atoms with van der Waals surface area (Å²) in [5, 5.41) is 21.2. The number of fused-ring (bicyclic) bond motifs is 3. The molecule has 2 bridgehead atoms. The Bertz CT molecular complexity index is 818. The van der Waals surface area contributed by atoms with Gasteiger partial charge in [-0.3, -0.25) is 14.4 Å². The summed E-state index contributed by atoms with van der Waals surface area (Å²) in [6.45, 7) is 6.69. The molecular weight excluding hydrogens is 342 g/mol. The predicted molar refractivity (Wildman–Crippen MR) is 102 cm³/mol. The maximum absolute atomic E-state index is 12.5. The molecule has 7 nitrogen and oxygen atoms in total. The van der Waals surface area contributed by atoms with Crippen molar-refractivity contribution < 1.29 is 9.90 Å². The molecule has 3 saturated heterocycles. The summed E-state index contributed by atoms with van der Waals surface area (Å²) in [5.41, 5.74) is 1.62. The minimum Gasteiger partial charge on any atom is -0.508 e. The smallest absolute Gasteiger partial charge is 0.224 e. The Kier molecular flexibility index (Phi) is 4.86. The second-order valence-corrected chi connectivity index (χ2v) is 8.08. The summed E-state index contributed by atoms with van der Waals surface area (Å²) in [5.74, 6) is 0.984. The molecule has 5 rings (SSSR count). The molecule has 3 aliphatic heterocycles. The fourth-order valence-corrected chi connectivity index (χ4v) is 4.42. The van der Waals surface area contributed by atoms with Crippen molar-refractivity contribution in [1.29, 1.82) is 0 Å². The molecule has 27 heavy (non-hydrogen) atoms. The van der Waals surface area contributed by atoms with Crippen molar-refractivity contribution in [2.75, 3.05) is 13.1 Å². The zero-order chi connectivity index (χ0) is 19.0. The minimum atomic E-state index is 0.107. The Hall–Kier alpha value is -2.41. The number of carbonyl (C=O) groups is 1. The van der Waals surface area contributed by atoms with E-state index in [0.717, 1.165) is 43.7 Å². The molecule has 1 aromatic carbocycles. The third-order valence-electron chi connectivity index (χ3n) is 5.72. The van der Waals surface area contributed by atoms with Gasteiger partial charge in [0, 0.05) is 24.2 Å². The Labute approximate surface area is 159 Å². The van der Waals surface area contributed by atoms with E-state index < -0.39 is 0 Å². The fourth-order valence-electron chi connectivity index (χ4n) is 4.42. The van der Waals surface area contributed by atoms with Gasteiger partial charge in [-0.15, -0.1) is 5.10 Å². The van der Waals surface area contributed by atoms with Gasteiger partial charge in [-0.05, 0) is 51.3 Å². The van der Waals surface area contributed by atoms with Gasteiger partial charge in [-0.1, -0.05) is 17.3 Å². The highest BCUT2D eigenvalue weighted by Gasteiger charge is 2.43. The topological polar surface area (TPSA) is 83.3 Å². The third kappa shape index (κ3) is 3.83. The summed E-state index contributed by atoms with van der Waals surface area (Å²) in [7, 11) is 0. The van der Waals surface area contributed by atoms with Crippen LogP contribution in [0.2, 0.25) is 0 Å². The number of amides is 1. The van der Waals surface area contributed by atoms with Gasteiger partial charge in [0.25, 0.3) is 0 Å². The van der Waals surface area contributed by atoms with Crippen LogP contribution >= 0.6 is 0 Å². The largest absolute Gasteiger partial charge is 0.508 e. The number of hydrogen-bond donors (Lipinski definition) is 2. The number of phenols is 1. The van der Waals surface area contributed by atoms with Crippen LogP contribution in [0.1, 0.15) is 26.7 Å². The molecule has 7 heteroatoms. The molecule has 1 aromatic heterocycles. The summed E-state index contributed by atoms with van der Waals surface area (Å²) < 4.78 is 1.88. The summed E-state index contributed by atoms with van der Waals surface area (Å²) in [6, 6.07) is 7.64. The normalized spacial score (nSPS) is 27.1. The van der Waals surface area contributed by atoms with E-state index in [-0.39, 0.29) is 23.6 Å². The van der Waals surface area contributed by atoms with Gasteiger partial charge in [-0.25, -0.2) is 0 Å². The van der Waals surface area contributed by atoms with E-state index in [1.165, 1.54) is 0 Å². The van der Waals surface area contributed by atoms with E-state index in [4.69, 9.17) is 0 Å². The van der Waals surface area contributed by atoms with Crippen LogP contribution in [0, 0.1) is 11.8 Å². The molecule has 0 radical (unpaired) electrons. The molecule has 0 saturated carbocycles. The Morgan fingerprint density at radius 2 is 2.26 bits per heavy atom. The quantitative estimate of drug-likeness (QED) is 0.841. The maximum atomic E-state index is 12.5. The second-order valence-electron chi connectivity index (χ2n) is 8.08. The highest BCUT2D eigenvalue weighted by Crippen LogP contribution is 2.37. The van der Waals surface area contributed by atoms with Crippen LogP contribution in [0.25, 0.3) is 11.3 Å². The van der Waals surface area contributed by atoms with Gasteiger partial charge in [0.1, 0.15) is 11.4 Å². The predicted octanol–water partition coefficient (Wildman–Crippen LogP) is 1.89. The number of hydrogen-bond acceptors (Lipinski definition) is 5. The first kappa shape index (κ1) is 18.0. The van der Waals surface area contributed by atoms with Gasteiger partial charge in [-0.2, -0.15) is 0 Å². The number of piperidine rings is 3. The van der Waals surface area contributed by atoms with E-state index >= 15 is 0 Å². The van der Waals surface area contributed by atoms with Gasteiger partial charge in [0.15, 0.2) is 0 Å². The van der Waals surface area contributed by atoms with Crippen LogP contribution in [0.15, 0.2) is 30.5 Å². The fraction of sp³-hybridized carbons (Fsp3) is 0.550. The number of nitrogens with zero attached hydrogens (tertiary/aromatic N) is 4. The van der Waals surface area contributed by atoms with Crippen LogP contribution in [-0.4, -0.2) is 56.1 Å². The zero-order valence-corrected chi connectivity index (χ0v) is 15.9. The summed E-state index contributed by atoms with van der Waals surface area (Å²) >= 11 is 0. The molecule has 144 valence electrons. The third-order valence-corrected chi connectivity index (χ3v) is 5.72. The number of carbonyl (C=O) groups excluding carboxylic acids is 1. The van der Waals surface area contributed by atoms with E-state index in [2.05, 4.69) is 20.5 Å². The molecule has 4 heterocycles. The first-order chi connectivity index (χ1) is 13.0. The lowest BCUT2D eigenvalue weighted by Gasteiger charge is -2.49. The number of benzene rings is 1. The first-order valence-corrected chi connectivity index (χ1v) is 9.73. The Morgan fingerprint density at radius 1 is 1.41 bits per heavy atom. The number of aromatic nitrogens is 3. The molecule has 2 N–H and O–H groups in total. The monoisotopic (exact) mass is 369 g/mol. The highest BCUT2D eigenvalue weighted by molar-refractivity contribution is 5.79. The Morgan fingerprint density at radius 3 is 2.96 bits per heavy atom. The summed E-state index contributed by atoms with van der Waals surface area (Å²) in [6.07, 6.45) is 4.05. The lowest BCUT2D eigenvalue weighted by atomic mass is 9.75. The van der Waals surface area contributed by atoms with Gasteiger partial charge in [0.2, 0.25) is 5.91 Å². The van der Waals surface area contributed by atoms with E-state index in [1.54, 1.807) is 18.2 Å². The van der Waals surface area contributed by atoms with E-state index in [1.807, 2.05) is 30.8 Å². The zero-order valence-electron chi connectivity index (χ0n) is 15.9. The van der Waals surface area contributed by atoms with Crippen molar-refractivity contribution in [3.63, 3.8) is 0 Å². The molecule has 1 amide bonds.